The minimum absolute atomic E-state index is 0.00571. The second-order valence-corrected chi connectivity index (χ2v) is 8.09. The van der Waals surface area contributed by atoms with Crippen LogP contribution in [-0.2, 0) is 10.2 Å². The third-order valence-electron chi connectivity index (χ3n) is 4.70. The normalized spacial score (nSPS) is 12.5. The highest BCUT2D eigenvalue weighted by molar-refractivity contribution is 5.77. The van der Waals surface area contributed by atoms with Gasteiger partial charge in [0, 0.05) is 12.1 Å². The number of likely N-dealkylation sites (N-methyl/N-ethyl adjacent to an activating group) is 1. The second kappa shape index (κ2) is 9.60. The summed E-state index contributed by atoms with van der Waals surface area (Å²) in [5.41, 5.74) is 2.36. The predicted octanol–water partition coefficient (Wildman–Crippen LogP) is 3.79. The number of ether oxygens (including phenoxy) is 2. The number of hydrogen-bond donors (Lipinski definition) is 1. The van der Waals surface area contributed by atoms with Crippen molar-refractivity contribution in [2.45, 2.75) is 32.2 Å². The molecule has 1 unspecified atom stereocenters. The SMILES string of the molecule is COc1ccccc1C(CNC(=O)COc1ccc(C(C)(C)C)cc1)N(C)C. The highest BCUT2D eigenvalue weighted by Gasteiger charge is 2.19. The molecule has 5 nitrogen and oxygen atoms in total. The molecule has 0 aliphatic heterocycles. The standard InChI is InChI=1S/C23H32N2O3/c1-23(2,3)17-11-13-18(14-12-17)28-16-22(26)24-15-20(25(4)5)19-9-7-8-10-21(19)27-6/h7-14,20H,15-16H2,1-6H3,(H,24,26). The van der Waals surface area contributed by atoms with Gasteiger partial charge in [0.1, 0.15) is 11.5 Å². The van der Waals surface area contributed by atoms with Gasteiger partial charge in [-0.05, 0) is 43.3 Å². The highest BCUT2D eigenvalue weighted by atomic mass is 16.5. The summed E-state index contributed by atoms with van der Waals surface area (Å²) in [6.45, 7) is 6.96. The number of carbonyl (C=O) groups is 1. The average molecular weight is 385 g/mol. The van der Waals surface area contributed by atoms with E-state index in [0.717, 1.165) is 11.3 Å². The molecule has 152 valence electrons. The Hall–Kier alpha value is -2.53. The molecule has 0 spiro atoms. The Morgan fingerprint density at radius 2 is 1.71 bits per heavy atom. The largest absolute Gasteiger partial charge is 0.496 e. The Morgan fingerprint density at radius 1 is 1.07 bits per heavy atom. The van der Waals surface area contributed by atoms with Gasteiger partial charge in [-0.2, -0.15) is 0 Å². The molecular formula is C23H32N2O3. The minimum Gasteiger partial charge on any atom is -0.496 e. The van der Waals surface area contributed by atoms with E-state index in [9.17, 15) is 4.79 Å². The number of nitrogens with one attached hydrogen (secondary N) is 1. The van der Waals surface area contributed by atoms with E-state index in [2.05, 4.69) is 31.0 Å². The maximum Gasteiger partial charge on any atom is 0.258 e. The summed E-state index contributed by atoms with van der Waals surface area (Å²) >= 11 is 0. The summed E-state index contributed by atoms with van der Waals surface area (Å²) in [6, 6.07) is 15.8. The molecule has 2 aromatic rings. The van der Waals surface area contributed by atoms with E-state index in [1.807, 2.05) is 62.6 Å². The van der Waals surface area contributed by atoms with Crippen LogP contribution in [0.25, 0.3) is 0 Å². The number of benzene rings is 2. The molecule has 1 atom stereocenters. The second-order valence-electron chi connectivity index (χ2n) is 8.09. The zero-order valence-electron chi connectivity index (χ0n) is 17.8. The van der Waals surface area contributed by atoms with Crippen molar-refractivity contribution in [2.75, 3.05) is 34.4 Å². The van der Waals surface area contributed by atoms with Gasteiger partial charge < -0.3 is 19.7 Å². The van der Waals surface area contributed by atoms with Crippen LogP contribution in [0.2, 0.25) is 0 Å². The van der Waals surface area contributed by atoms with Crippen molar-refractivity contribution < 1.29 is 14.3 Å². The van der Waals surface area contributed by atoms with Crippen LogP contribution in [-0.4, -0.2) is 45.2 Å². The Kier molecular flexibility index (Phi) is 7.46. The van der Waals surface area contributed by atoms with Crippen molar-refractivity contribution >= 4 is 5.91 Å². The van der Waals surface area contributed by atoms with Gasteiger partial charge in [-0.1, -0.05) is 51.1 Å². The number of rotatable bonds is 8. The fourth-order valence-electron chi connectivity index (χ4n) is 2.97. The topological polar surface area (TPSA) is 50.8 Å². The summed E-state index contributed by atoms with van der Waals surface area (Å²) in [5, 5.41) is 2.96. The number of methoxy groups -OCH3 is 1. The van der Waals surface area contributed by atoms with Crippen molar-refractivity contribution in [1.29, 1.82) is 0 Å². The lowest BCUT2D eigenvalue weighted by atomic mass is 9.87. The van der Waals surface area contributed by atoms with E-state index in [4.69, 9.17) is 9.47 Å². The van der Waals surface area contributed by atoms with Gasteiger partial charge in [-0.25, -0.2) is 0 Å². The van der Waals surface area contributed by atoms with Gasteiger partial charge in [0.2, 0.25) is 0 Å². The van der Waals surface area contributed by atoms with Gasteiger partial charge in [0.15, 0.2) is 6.61 Å². The molecule has 0 saturated carbocycles. The fraction of sp³-hybridized carbons (Fsp3) is 0.435. The van der Waals surface area contributed by atoms with E-state index in [0.29, 0.717) is 12.3 Å². The van der Waals surface area contributed by atoms with Crippen molar-refractivity contribution in [3.63, 3.8) is 0 Å². The van der Waals surface area contributed by atoms with Crippen LogP contribution in [0, 0.1) is 0 Å². The molecule has 0 radical (unpaired) electrons. The third-order valence-corrected chi connectivity index (χ3v) is 4.70. The van der Waals surface area contributed by atoms with Crippen LogP contribution in [0.1, 0.15) is 37.9 Å². The molecular weight excluding hydrogens is 352 g/mol. The first-order valence-corrected chi connectivity index (χ1v) is 9.51. The molecule has 0 heterocycles. The zero-order valence-corrected chi connectivity index (χ0v) is 17.8. The number of hydrogen-bond acceptors (Lipinski definition) is 4. The Balaban J connectivity index is 1.91. The Morgan fingerprint density at radius 3 is 2.29 bits per heavy atom. The van der Waals surface area contributed by atoms with Gasteiger partial charge in [0.05, 0.1) is 13.2 Å². The molecule has 0 aromatic heterocycles. The van der Waals surface area contributed by atoms with Gasteiger partial charge in [0.25, 0.3) is 5.91 Å². The molecule has 0 bridgehead atoms. The zero-order chi connectivity index (χ0) is 20.7. The van der Waals surface area contributed by atoms with E-state index in [1.165, 1.54) is 5.56 Å². The molecule has 5 heteroatoms. The van der Waals surface area contributed by atoms with Crippen LogP contribution in [0.15, 0.2) is 48.5 Å². The number of amides is 1. The Labute approximate surface area is 168 Å². The summed E-state index contributed by atoms with van der Waals surface area (Å²) < 4.78 is 11.1. The lowest BCUT2D eigenvalue weighted by molar-refractivity contribution is -0.123. The van der Waals surface area contributed by atoms with E-state index in [1.54, 1.807) is 7.11 Å². The highest BCUT2D eigenvalue weighted by Crippen LogP contribution is 2.27. The molecule has 1 N–H and O–H groups in total. The molecule has 0 aliphatic carbocycles. The molecule has 28 heavy (non-hydrogen) atoms. The van der Waals surface area contributed by atoms with Crippen LogP contribution in [0.4, 0.5) is 0 Å². The monoisotopic (exact) mass is 384 g/mol. The van der Waals surface area contributed by atoms with E-state index < -0.39 is 0 Å². The predicted molar refractivity (Wildman–Crippen MR) is 113 cm³/mol. The maximum absolute atomic E-state index is 12.3. The molecule has 1 amide bonds. The van der Waals surface area contributed by atoms with Gasteiger partial charge >= 0.3 is 0 Å². The average Bonchev–Trinajstić information content (AvgIpc) is 2.66. The van der Waals surface area contributed by atoms with Crippen molar-refractivity contribution in [1.82, 2.24) is 10.2 Å². The molecule has 0 fully saturated rings. The van der Waals surface area contributed by atoms with Crippen molar-refractivity contribution in [2.24, 2.45) is 0 Å². The van der Waals surface area contributed by atoms with Crippen molar-refractivity contribution in [3.8, 4) is 11.5 Å². The lowest BCUT2D eigenvalue weighted by Crippen LogP contribution is -2.37. The summed E-state index contributed by atoms with van der Waals surface area (Å²) in [6.07, 6.45) is 0. The first-order valence-electron chi connectivity index (χ1n) is 9.51. The molecule has 0 aliphatic rings. The van der Waals surface area contributed by atoms with E-state index in [-0.39, 0.29) is 24.0 Å². The minimum atomic E-state index is -0.151. The number of nitrogens with zero attached hydrogens (tertiary/aromatic N) is 1. The van der Waals surface area contributed by atoms with Crippen LogP contribution >= 0.6 is 0 Å². The fourth-order valence-corrected chi connectivity index (χ4v) is 2.97. The number of carbonyl (C=O) groups excluding carboxylic acids is 1. The number of para-hydroxylation sites is 1. The van der Waals surface area contributed by atoms with Gasteiger partial charge in [-0.15, -0.1) is 0 Å². The van der Waals surface area contributed by atoms with E-state index >= 15 is 0 Å². The maximum atomic E-state index is 12.3. The smallest absolute Gasteiger partial charge is 0.258 e. The van der Waals surface area contributed by atoms with Crippen LogP contribution in [0.5, 0.6) is 11.5 Å². The summed E-state index contributed by atoms with van der Waals surface area (Å²) in [4.78, 5) is 14.3. The van der Waals surface area contributed by atoms with Crippen molar-refractivity contribution in [3.05, 3.63) is 59.7 Å². The lowest BCUT2D eigenvalue weighted by Gasteiger charge is -2.26. The molecule has 0 saturated heterocycles. The molecule has 2 rings (SSSR count). The van der Waals surface area contributed by atoms with Crippen LogP contribution < -0.4 is 14.8 Å². The quantitative estimate of drug-likeness (QED) is 0.752. The van der Waals surface area contributed by atoms with Gasteiger partial charge in [-0.3, -0.25) is 4.79 Å². The first kappa shape index (κ1) is 21.8. The summed E-state index contributed by atoms with van der Waals surface area (Å²) in [5.74, 6) is 1.35. The Bertz CT molecular complexity index is 764. The summed E-state index contributed by atoms with van der Waals surface area (Å²) in [7, 11) is 5.62. The van der Waals surface area contributed by atoms with Crippen LogP contribution in [0.3, 0.4) is 0 Å². The molecule has 2 aromatic carbocycles. The first-order chi connectivity index (χ1) is 13.2. The third kappa shape index (κ3) is 5.99.